The minimum Gasteiger partial charge on any atom is -0.495 e. The molecule has 0 radical (unpaired) electrons. The maximum atomic E-state index is 11.8. The predicted molar refractivity (Wildman–Crippen MR) is 82.3 cm³/mol. The van der Waals surface area contributed by atoms with Crippen LogP contribution in [0.25, 0.3) is 0 Å². The topological polar surface area (TPSA) is 96.9 Å². The molecule has 122 valence electrons. The highest BCUT2D eigenvalue weighted by atomic mass is 35.5. The zero-order valence-electron chi connectivity index (χ0n) is 12.4. The van der Waals surface area contributed by atoms with Crippen LogP contribution in [0.4, 0.5) is 5.69 Å². The van der Waals surface area contributed by atoms with E-state index in [9.17, 15) is 9.59 Å². The quantitative estimate of drug-likeness (QED) is 0.505. The van der Waals surface area contributed by atoms with Crippen molar-refractivity contribution >= 4 is 29.1 Å². The Morgan fingerprint density at radius 3 is 2.64 bits per heavy atom. The predicted octanol–water partition coefficient (Wildman–Crippen LogP) is 0.721. The van der Waals surface area contributed by atoms with Crippen molar-refractivity contribution < 1.29 is 24.2 Å². The first-order valence-corrected chi connectivity index (χ1v) is 6.99. The highest BCUT2D eigenvalue weighted by Crippen LogP contribution is 2.30. The molecular weight excluding hydrogens is 312 g/mol. The molecule has 22 heavy (non-hydrogen) atoms. The van der Waals surface area contributed by atoms with Crippen LogP contribution in [-0.2, 0) is 14.3 Å². The number of aliphatic hydroxyl groups excluding tert-OH is 1. The largest absolute Gasteiger partial charge is 0.495 e. The third-order valence-electron chi connectivity index (χ3n) is 2.70. The second-order valence-electron chi connectivity index (χ2n) is 4.35. The van der Waals surface area contributed by atoms with Gasteiger partial charge in [0.05, 0.1) is 32.6 Å². The van der Waals surface area contributed by atoms with Gasteiger partial charge >= 0.3 is 11.8 Å². The highest BCUT2D eigenvalue weighted by Gasteiger charge is 2.16. The zero-order valence-corrected chi connectivity index (χ0v) is 13.2. The molecule has 7 nitrogen and oxygen atoms in total. The minimum atomic E-state index is -0.817. The van der Waals surface area contributed by atoms with Crippen molar-refractivity contribution in [1.82, 2.24) is 5.32 Å². The van der Waals surface area contributed by atoms with Crippen LogP contribution in [0.2, 0.25) is 5.02 Å². The summed E-state index contributed by atoms with van der Waals surface area (Å²) in [5.74, 6) is -1.24. The van der Waals surface area contributed by atoms with Gasteiger partial charge in [-0.05, 0) is 18.6 Å². The maximum absolute atomic E-state index is 11.8. The van der Waals surface area contributed by atoms with Gasteiger partial charge in [-0.25, -0.2) is 0 Å². The van der Waals surface area contributed by atoms with E-state index < -0.39 is 11.8 Å². The summed E-state index contributed by atoms with van der Waals surface area (Å²) >= 11 is 5.97. The van der Waals surface area contributed by atoms with E-state index in [1.54, 1.807) is 19.1 Å². The zero-order chi connectivity index (χ0) is 16.5. The molecule has 0 saturated heterocycles. The molecule has 0 saturated carbocycles. The third-order valence-corrected chi connectivity index (χ3v) is 3.11. The highest BCUT2D eigenvalue weighted by molar-refractivity contribution is 6.40. The van der Waals surface area contributed by atoms with E-state index in [0.717, 1.165) is 5.56 Å². The number of hydrogen-bond acceptors (Lipinski definition) is 5. The van der Waals surface area contributed by atoms with E-state index in [2.05, 4.69) is 10.6 Å². The van der Waals surface area contributed by atoms with Crippen LogP contribution in [0.15, 0.2) is 12.1 Å². The van der Waals surface area contributed by atoms with Crippen molar-refractivity contribution in [2.24, 2.45) is 0 Å². The van der Waals surface area contributed by atoms with Crippen LogP contribution in [-0.4, -0.2) is 50.4 Å². The van der Waals surface area contributed by atoms with Crippen molar-refractivity contribution in [3.63, 3.8) is 0 Å². The molecule has 2 amide bonds. The van der Waals surface area contributed by atoms with Gasteiger partial charge in [0.1, 0.15) is 5.75 Å². The molecule has 0 unspecified atom stereocenters. The van der Waals surface area contributed by atoms with Gasteiger partial charge in [0.25, 0.3) is 0 Å². The van der Waals surface area contributed by atoms with Gasteiger partial charge in [0, 0.05) is 17.6 Å². The van der Waals surface area contributed by atoms with Crippen LogP contribution in [0, 0.1) is 6.92 Å². The summed E-state index contributed by atoms with van der Waals surface area (Å²) in [4.78, 5) is 23.4. The van der Waals surface area contributed by atoms with Crippen molar-refractivity contribution in [3.8, 4) is 5.75 Å². The number of aryl methyl sites for hydroxylation is 1. The fraction of sp³-hybridized carbons (Fsp3) is 0.429. The molecule has 0 heterocycles. The average Bonchev–Trinajstić information content (AvgIpc) is 2.50. The monoisotopic (exact) mass is 330 g/mol. The fourth-order valence-electron chi connectivity index (χ4n) is 1.59. The molecule has 0 bridgehead atoms. The van der Waals surface area contributed by atoms with E-state index in [4.69, 9.17) is 26.2 Å². The summed E-state index contributed by atoms with van der Waals surface area (Å²) in [6.45, 7) is 2.25. The molecule has 1 aromatic carbocycles. The second kappa shape index (κ2) is 9.24. The summed E-state index contributed by atoms with van der Waals surface area (Å²) in [5.41, 5.74) is 1.11. The molecule has 8 heteroatoms. The van der Waals surface area contributed by atoms with Crippen molar-refractivity contribution in [2.45, 2.75) is 6.92 Å². The molecule has 0 aliphatic rings. The van der Waals surface area contributed by atoms with Gasteiger partial charge in [0.15, 0.2) is 0 Å². The Bertz CT molecular complexity index is 536. The number of carbonyl (C=O) groups excluding carboxylic acids is 2. The number of methoxy groups -OCH3 is 1. The van der Waals surface area contributed by atoms with E-state index in [1.165, 1.54) is 7.11 Å². The minimum absolute atomic E-state index is 0.0931. The lowest BCUT2D eigenvalue weighted by Crippen LogP contribution is -2.37. The number of aliphatic hydroxyl groups is 1. The Labute approximate surface area is 133 Å². The van der Waals surface area contributed by atoms with Crippen LogP contribution < -0.4 is 15.4 Å². The van der Waals surface area contributed by atoms with Crippen LogP contribution >= 0.6 is 11.6 Å². The molecule has 1 aromatic rings. The number of benzene rings is 1. The van der Waals surface area contributed by atoms with Gasteiger partial charge in [-0.15, -0.1) is 0 Å². The van der Waals surface area contributed by atoms with E-state index in [-0.39, 0.29) is 26.4 Å². The first kappa shape index (κ1) is 18.2. The summed E-state index contributed by atoms with van der Waals surface area (Å²) in [5, 5.41) is 13.9. The number of anilines is 1. The Morgan fingerprint density at radius 2 is 2.00 bits per heavy atom. The molecule has 0 aliphatic carbocycles. The van der Waals surface area contributed by atoms with Crippen molar-refractivity contribution in [1.29, 1.82) is 0 Å². The maximum Gasteiger partial charge on any atom is 0.313 e. The van der Waals surface area contributed by atoms with Gasteiger partial charge in [-0.2, -0.15) is 0 Å². The standard InChI is InChI=1S/C14H19ClN2O5/c1-9-7-11(12(21-2)8-10(9)15)17-14(20)13(19)16-3-5-22-6-4-18/h7-8,18H,3-6H2,1-2H3,(H,16,19)(H,17,20). The SMILES string of the molecule is COc1cc(Cl)c(C)cc1NC(=O)C(=O)NCCOCCO. The number of nitrogens with one attached hydrogen (secondary N) is 2. The molecule has 0 aromatic heterocycles. The molecule has 0 spiro atoms. The lowest BCUT2D eigenvalue weighted by Gasteiger charge is -2.12. The molecule has 0 fully saturated rings. The summed E-state index contributed by atoms with van der Waals surface area (Å²) in [6.07, 6.45) is 0. The van der Waals surface area contributed by atoms with Crippen LogP contribution in [0.3, 0.4) is 0 Å². The van der Waals surface area contributed by atoms with Gasteiger partial charge in [-0.1, -0.05) is 11.6 Å². The second-order valence-corrected chi connectivity index (χ2v) is 4.75. The van der Waals surface area contributed by atoms with Gasteiger partial charge in [0.2, 0.25) is 0 Å². The third kappa shape index (κ3) is 5.51. The van der Waals surface area contributed by atoms with E-state index in [1.807, 2.05) is 0 Å². The molecule has 0 atom stereocenters. The Hall–Kier alpha value is -1.83. The number of carbonyl (C=O) groups is 2. The first-order chi connectivity index (χ1) is 10.5. The van der Waals surface area contributed by atoms with Crippen molar-refractivity contribution in [3.05, 3.63) is 22.7 Å². The summed E-state index contributed by atoms with van der Waals surface area (Å²) in [6, 6.07) is 3.18. The average molecular weight is 331 g/mol. The number of halogens is 1. The van der Waals surface area contributed by atoms with Gasteiger partial charge < -0.3 is 25.2 Å². The molecule has 3 N–H and O–H groups in total. The molecule has 0 aliphatic heterocycles. The fourth-order valence-corrected chi connectivity index (χ4v) is 1.75. The normalized spacial score (nSPS) is 10.2. The van der Waals surface area contributed by atoms with Gasteiger partial charge in [-0.3, -0.25) is 9.59 Å². The Balaban J connectivity index is 2.57. The number of rotatable bonds is 7. The van der Waals surface area contributed by atoms with Crippen LogP contribution in [0.5, 0.6) is 5.75 Å². The summed E-state index contributed by atoms with van der Waals surface area (Å²) < 4.78 is 10.1. The number of amides is 2. The first-order valence-electron chi connectivity index (χ1n) is 6.61. The number of ether oxygens (including phenoxy) is 2. The van der Waals surface area contributed by atoms with E-state index in [0.29, 0.717) is 16.5 Å². The lowest BCUT2D eigenvalue weighted by molar-refractivity contribution is -0.136. The summed E-state index contributed by atoms with van der Waals surface area (Å²) in [7, 11) is 1.44. The van der Waals surface area contributed by atoms with Crippen LogP contribution in [0.1, 0.15) is 5.56 Å². The van der Waals surface area contributed by atoms with E-state index >= 15 is 0 Å². The Kier molecular flexibility index (Phi) is 7.65. The van der Waals surface area contributed by atoms with Crippen molar-refractivity contribution in [2.75, 3.05) is 38.8 Å². The number of hydrogen-bond donors (Lipinski definition) is 3. The smallest absolute Gasteiger partial charge is 0.313 e. The lowest BCUT2D eigenvalue weighted by atomic mass is 10.2. The molecular formula is C14H19ClN2O5. The molecule has 1 rings (SSSR count). The Morgan fingerprint density at radius 1 is 1.27 bits per heavy atom.